The molecule has 1 fully saturated rings. The number of hydrogen-bond acceptors (Lipinski definition) is 7. The van der Waals surface area contributed by atoms with Gasteiger partial charge in [0.1, 0.15) is 11.6 Å². The third-order valence-corrected chi connectivity index (χ3v) is 10.3. The number of aromatic nitrogens is 2. The van der Waals surface area contributed by atoms with E-state index in [0.717, 1.165) is 25.8 Å². The van der Waals surface area contributed by atoms with Crippen molar-refractivity contribution >= 4 is 33.2 Å². The first-order valence-electron chi connectivity index (χ1n) is 14.3. The molecule has 0 saturated carbocycles. The SMILES string of the molecule is Cc1cc(Nc2ccnc(Nc3ccc(S(=O)(=O)N4CCC(C5c6ccccc6CCN5C)CC4)cc3)n2)ccc1F. The van der Waals surface area contributed by atoms with Crippen molar-refractivity contribution < 1.29 is 12.8 Å². The molecule has 10 heteroatoms. The number of rotatable bonds is 7. The van der Waals surface area contributed by atoms with Gasteiger partial charge in [-0.15, -0.1) is 0 Å². The van der Waals surface area contributed by atoms with Crippen LogP contribution in [0.2, 0.25) is 0 Å². The normalized spacial score (nSPS) is 18.4. The Balaban J connectivity index is 1.09. The van der Waals surface area contributed by atoms with E-state index < -0.39 is 10.0 Å². The van der Waals surface area contributed by atoms with Gasteiger partial charge in [0.2, 0.25) is 16.0 Å². The molecule has 0 aliphatic carbocycles. The molecule has 2 N–H and O–H groups in total. The molecule has 4 aromatic rings. The number of anilines is 4. The Morgan fingerprint density at radius 3 is 2.40 bits per heavy atom. The topological polar surface area (TPSA) is 90.5 Å². The van der Waals surface area contributed by atoms with Gasteiger partial charge in [-0.2, -0.15) is 9.29 Å². The number of piperidine rings is 1. The first kappa shape index (κ1) is 28.3. The molecular weight excluding hydrogens is 551 g/mol. The summed E-state index contributed by atoms with van der Waals surface area (Å²) in [5.41, 5.74) is 4.73. The molecule has 0 amide bonds. The number of fused-ring (bicyclic) bond motifs is 1. The van der Waals surface area contributed by atoms with Crippen LogP contribution in [0.4, 0.5) is 27.5 Å². The summed E-state index contributed by atoms with van der Waals surface area (Å²) in [5, 5.41) is 6.28. The molecule has 1 unspecified atom stereocenters. The maximum atomic E-state index is 13.6. The summed E-state index contributed by atoms with van der Waals surface area (Å²) in [7, 11) is -1.42. The fraction of sp³-hybridized carbons (Fsp3) is 0.312. The lowest BCUT2D eigenvalue weighted by atomic mass is 9.80. The van der Waals surface area contributed by atoms with Crippen LogP contribution in [0.15, 0.2) is 83.9 Å². The predicted octanol–water partition coefficient (Wildman–Crippen LogP) is 6.04. The Morgan fingerprint density at radius 2 is 1.64 bits per heavy atom. The second-order valence-corrected chi connectivity index (χ2v) is 13.1. The number of benzene rings is 3. The summed E-state index contributed by atoms with van der Waals surface area (Å²) in [6, 6.07) is 22.2. The number of likely N-dealkylation sites (N-methyl/N-ethyl adjacent to an activating group) is 1. The van der Waals surface area contributed by atoms with Gasteiger partial charge in [0.05, 0.1) is 4.90 Å². The minimum absolute atomic E-state index is 0.265. The number of halogens is 1. The van der Waals surface area contributed by atoms with Crippen LogP contribution >= 0.6 is 0 Å². The van der Waals surface area contributed by atoms with Gasteiger partial charge in [-0.1, -0.05) is 24.3 Å². The van der Waals surface area contributed by atoms with Crippen molar-refractivity contribution in [3.05, 3.63) is 102 Å². The van der Waals surface area contributed by atoms with Crippen molar-refractivity contribution in [1.82, 2.24) is 19.2 Å². The third kappa shape index (κ3) is 5.88. The van der Waals surface area contributed by atoms with Gasteiger partial charge >= 0.3 is 0 Å². The quantitative estimate of drug-likeness (QED) is 0.273. The molecule has 1 atom stereocenters. The predicted molar refractivity (Wildman–Crippen MR) is 163 cm³/mol. The highest BCUT2D eigenvalue weighted by Gasteiger charge is 2.36. The maximum absolute atomic E-state index is 13.6. The molecule has 3 aromatic carbocycles. The van der Waals surface area contributed by atoms with E-state index in [0.29, 0.717) is 53.8 Å². The lowest BCUT2D eigenvalue weighted by Gasteiger charge is -2.42. The minimum atomic E-state index is -3.60. The molecule has 1 aromatic heterocycles. The number of sulfonamides is 1. The van der Waals surface area contributed by atoms with E-state index >= 15 is 0 Å². The molecular formula is C32H35FN6O2S. The molecule has 0 spiro atoms. The summed E-state index contributed by atoms with van der Waals surface area (Å²) < 4.78 is 42.2. The van der Waals surface area contributed by atoms with Crippen molar-refractivity contribution in [3.8, 4) is 0 Å². The van der Waals surface area contributed by atoms with Crippen molar-refractivity contribution in [2.24, 2.45) is 5.92 Å². The zero-order valence-electron chi connectivity index (χ0n) is 23.8. The van der Waals surface area contributed by atoms with E-state index in [1.165, 1.54) is 17.2 Å². The summed E-state index contributed by atoms with van der Waals surface area (Å²) >= 11 is 0. The van der Waals surface area contributed by atoms with Crippen molar-refractivity contribution in [1.29, 1.82) is 0 Å². The van der Waals surface area contributed by atoms with Gasteiger partial charge < -0.3 is 10.6 Å². The van der Waals surface area contributed by atoms with Gasteiger partial charge in [-0.3, -0.25) is 4.90 Å². The number of aryl methyl sites for hydroxylation is 1. The standard InChI is InChI=1S/C32H35FN6O2S/c1-22-21-26(9-12-29(22)33)35-30-13-17-34-32(37-30)36-25-7-10-27(11-8-25)42(40,41)39-19-15-24(16-20-39)31-28-6-4-3-5-23(28)14-18-38(31)2/h3-13,17,21,24,31H,14-16,18-20H2,1-2H3,(H2,34,35,36,37). The summed E-state index contributed by atoms with van der Waals surface area (Å²) in [5.74, 6) is 1.06. The Kier molecular flexibility index (Phi) is 7.94. The molecule has 2 aliphatic heterocycles. The van der Waals surface area contributed by atoms with E-state index in [9.17, 15) is 12.8 Å². The van der Waals surface area contributed by atoms with E-state index in [2.05, 4.69) is 56.8 Å². The molecule has 3 heterocycles. The summed E-state index contributed by atoms with van der Waals surface area (Å²) in [6.07, 6.45) is 4.34. The fourth-order valence-electron chi connectivity index (χ4n) is 6.12. The largest absolute Gasteiger partial charge is 0.340 e. The highest BCUT2D eigenvalue weighted by molar-refractivity contribution is 7.89. The molecule has 42 heavy (non-hydrogen) atoms. The Labute approximate surface area is 246 Å². The van der Waals surface area contributed by atoms with Crippen LogP contribution in [0.1, 0.15) is 35.6 Å². The van der Waals surface area contributed by atoms with Gasteiger partial charge in [-0.05, 0) is 104 Å². The average Bonchev–Trinajstić information content (AvgIpc) is 2.99. The minimum Gasteiger partial charge on any atom is -0.340 e. The monoisotopic (exact) mass is 586 g/mol. The van der Waals surface area contributed by atoms with Crippen LogP contribution in [0.5, 0.6) is 0 Å². The lowest BCUT2D eigenvalue weighted by molar-refractivity contribution is 0.122. The Hall–Kier alpha value is -3.86. The van der Waals surface area contributed by atoms with Crippen molar-refractivity contribution in [2.75, 3.05) is 37.3 Å². The number of hydrogen-bond donors (Lipinski definition) is 2. The molecule has 218 valence electrons. The zero-order valence-corrected chi connectivity index (χ0v) is 24.6. The van der Waals surface area contributed by atoms with E-state index in [4.69, 9.17) is 0 Å². The highest BCUT2D eigenvalue weighted by Crippen LogP contribution is 2.40. The summed E-state index contributed by atoms with van der Waals surface area (Å²) in [4.78, 5) is 11.4. The Morgan fingerprint density at radius 1 is 0.905 bits per heavy atom. The van der Waals surface area contributed by atoms with Crippen LogP contribution in [0, 0.1) is 18.7 Å². The zero-order chi connectivity index (χ0) is 29.3. The maximum Gasteiger partial charge on any atom is 0.243 e. The van der Waals surface area contributed by atoms with Gasteiger partial charge in [-0.25, -0.2) is 17.8 Å². The molecule has 0 radical (unpaired) electrons. The molecule has 6 rings (SSSR count). The van der Waals surface area contributed by atoms with Crippen molar-refractivity contribution in [2.45, 2.75) is 37.1 Å². The van der Waals surface area contributed by atoms with Crippen LogP contribution in [-0.4, -0.2) is 54.3 Å². The average molecular weight is 587 g/mol. The van der Waals surface area contributed by atoms with Crippen LogP contribution in [0.3, 0.4) is 0 Å². The third-order valence-electron chi connectivity index (χ3n) is 8.36. The van der Waals surface area contributed by atoms with E-state index in [1.54, 1.807) is 59.9 Å². The highest BCUT2D eigenvalue weighted by atomic mass is 32.2. The van der Waals surface area contributed by atoms with E-state index in [1.807, 2.05) is 0 Å². The van der Waals surface area contributed by atoms with Crippen LogP contribution < -0.4 is 10.6 Å². The Bertz CT molecular complexity index is 1670. The van der Waals surface area contributed by atoms with Gasteiger partial charge in [0.25, 0.3) is 0 Å². The lowest BCUT2D eigenvalue weighted by Crippen LogP contribution is -2.44. The first-order valence-corrected chi connectivity index (χ1v) is 15.7. The smallest absolute Gasteiger partial charge is 0.243 e. The molecule has 2 aliphatic rings. The molecule has 8 nitrogen and oxygen atoms in total. The van der Waals surface area contributed by atoms with Crippen LogP contribution in [-0.2, 0) is 16.4 Å². The van der Waals surface area contributed by atoms with E-state index in [-0.39, 0.29) is 10.7 Å². The summed E-state index contributed by atoms with van der Waals surface area (Å²) in [6.45, 7) is 3.76. The number of nitrogens with one attached hydrogen (secondary N) is 2. The van der Waals surface area contributed by atoms with Gasteiger partial charge in [0.15, 0.2) is 0 Å². The fourth-order valence-corrected chi connectivity index (χ4v) is 7.59. The second-order valence-electron chi connectivity index (χ2n) is 11.1. The number of nitrogens with zero attached hydrogens (tertiary/aromatic N) is 4. The molecule has 1 saturated heterocycles. The van der Waals surface area contributed by atoms with Crippen molar-refractivity contribution in [3.63, 3.8) is 0 Å². The van der Waals surface area contributed by atoms with Gasteiger partial charge in [0, 0.05) is 43.2 Å². The molecule has 0 bridgehead atoms. The second kappa shape index (κ2) is 11.8. The first-order chi connectivity index (χ1) is 20.3. The van der Waals surface area contributed by atoms with Crippen LogP contribution in [0.25, 0.3) is 0 Å².